The maximum atomic E-state index is 5.06. The van der Waals surface area contributed by atoms with E-state index in [9.17, 15) is 0 Å². The van der Waals surface area contributed by atoms with Crippen LogP contribution < -0.4 is 4.74 Å². The van der Waals surface area contributed by atoms with Crippen LogP contribution >= 0.6 is 0 Å². The van der Waals surface area contributed by atoms with E-state index in [1.165, 1.54) is 22.2 Å². The number of benzene rings is 1. The first kappa shape index (κ1) is 17.8. The lowest BCUT2D eigenvalue weighted by Gasteiger charge is -2.20. The fourth-order valence-electron chi connectivity index (χ4n) is 4.09. The Morgan fingerprint density at radius 1 is 1.03 bits per heavy atom. The Bertz CT molecular complexity index is 1140. The van der Waals surface area contributed by atoms with Gasteiger partial charge in [0.15, 0.2) is 0 Å². The molecule has 4 heterocycles. The number of ether oxygens (including phenoxy) is 1. The Balaban J connectivity index is 1.42. The predicted octanol–water partition coefficient (Wildman–Crippen LogP) is 3.77. The van der Waals surface area contributed by atoms with Crippen LogP contribution in [0.15, 0.2) is 61.3 Å². The quantitative estimate of drug-likeness (QED) is 0.535. The van der Waals surface area contributed by atoms with Crippen molar-refractivity contribution in [2.75, 3.05) is 13.7 Å². The molecule has 0 N–H and O–H groups in total. The molecular weight excluding hydrogens is 362 g/mol. The van der Waals surface area contributed by atoms with E-state index in [0.29, 0.717) is 6.01 Å². The summed E-state index contributed by atoms with van der Waals surface area (Å²) >= 11 is 0. The first-order valence-corrected chi connectivity index (χ1v) is 9.91. The largest absolute Gasteiger partial charge is 0.467 e. The van der Waals surface area contributed by atoms with Crippen LogP contribution in [0, 0.1) is 0 Å². The van der Waals surface area contributed by atoms with Gasteiger partial charge in [0.05, 0.1) is 18.8 Å². The van der Waals surface area contributed by atoms with Gasteiger partial charge in [-0.25, -0.2) is 9.97 Å². The van der Waals surface area contributed by atoms with E-state index < -0.39 is 0 Å². The SMILES string of the molecule is COc1ncc(CN2CCCc3ccc(-n4ccc5ccncc54)cc3C2)cn1. The van der Waals surface area contributed by atoms with Crippen molar-refractivity contribution in [1.82, 2.24) is 24.4 Å². The Hall–Kier alpha value is -3.25. The van der Waals surface area contributed by atoms with Gasteiger partial charge in [0.2, 0.25) is 0 Å². The summed E-state index contributed by atoms with van der Waals surface area (Å²) in [7, 11) is 1.59. The molecule has 1 aliphatic heterocycles. The van der Waals surface area contributed by atoms with Gasteiger partial charge in [0, 0.05) is 54.5 Å². The van der Waals surface area contributed by atoms with E-state index in [1.807, 2.05) is 30.9 Å². The molecule has 0 amide bonds. The summed E-state index contributed by atoms with van der Waals surface area (Å²) in [5, 5.41) is 1.20. The van der Waals surface area contributed by atoms with Gasteiger partial charge in [0.1, 0.15) is 0 Å². The van der Waals surface area contributed by atoms with Crippen molar-refractivity contribution in [3.8, 4) is 11.7 Å². The predicted molar refractivity (Wildman–Crippen MR) is 112 cm³/mol. The molecule has 3 aromatic heterocycles. The number of fused-ring (bicyclic) bond motifs is 2. The molecule has 0 spiro atoms. The van der Waals surface area contributed by atoms with E-state index in [0.717, 1.165) is 43.6 Å². The number of pyridine rings is 1. The molecule has 0 fully saturated rings. The molecule has 0 radical (unpaired) electrons. The van der Waals surface area contributed by atoms with Crippen molar-refractivity contribution in [2.45, 2.75) is 25.9 Å². The molecule has 29 heavy (non-hydrogen) atoms. The van der Waals surface area contributed by atoms with Gasteiger partial charge in [-0.1, -0.05) is 6.07 Å². The van der Waals surface area contributed by atoms with Crippen LogP contribution in [0.2, 0.25) is 0 Å². The van der Waals surface area contributed by atoms with E-state index in [2.05, 4.69) is 54.9 Å². The highest BCUT2D eigenvalue weighted by Gasteiger charge is 2.16. The summed E-state index contributed by atoms with van der Waals surface area (Å²) in [6.07, 6.45) is 11.9. The lowest BCUT2D eigenvalue weighted by atomic mass is 10.0. The van der Waals surface area contributed by atoms with Crippen molar-refractivity contribution < 1.29 is 4.74 Å². The molecule has 0 saturated carbocycles. The van der Waals surface area contributed by atoms with Gasteiger partial charge in [0.25, 0.3) is 0 Å². The normalized spacial score (nSPS) is 14.5. The molecule has 0 saturated heterocycles. The van der Waals surface area contributed by atoms with E-state index in [-0.39, 0.29) is 0 Å². The van der Waals surface area contributed by atoms with Crippen molar-refractivity contribution in [2.24, 2.45) is 0 Å². The van der Waals surface area contributed by atoms with Crippen molar-refractivity contribution >= 4 is 10.9 Å². The smallest absolute Gasteiger partial charge is 0.316 e. The number of aryl methyl sites for hydroxylation is 1. The van der Waals surface area contributed by atoms with Crippen LogP contribution in [0.3, 0.4) is 0 Å². The average Bonchev–Trinajstić information content (AvgIpc) is 3.09. The maximum absolute atomic E-state index is 5.06. The zero-order valence-electron chi connectivity index (χ0n) is 16.5. The zero-order chi connectivity index (χ0) is 19.6. The lowest BCUT2D eigenvalue weighted by Crippen LogP contribution is -2.23. The Morgan fingerprint density at radius 2 is 1.93 bits per heavy atom. The number of hydrogen-bond acceptors (Lipinski definition) is 5. The second-order valence-corrected chi connectivity index (χ2v) is 7.47. The van der Waals surface area contributed by atoms with Gasteiger partial charge >= 0.3 is 6.01 Å². The molecule has 5 rings (SSSR count). The van der Waals surface area contributed by atoms with Gasteiger partial charge in [-0.15, -0.1) is 0 Å². The van der Waals surface area contributed by atoms with Crippen molar-refractivity contribution in [3.63, 3.8) is 0 Å². The van der Waals surface area contributed by atoms with Crippen LogP contribution in [-0.2, 0) is 19.5 Å². The highest BCUT2D eigenvalue weighted by atomic mass is 16.5. The van der Waals surface area contributed by atoms with Crippen LogP contribution in [-0.4, -0.2) is 38.1 Å². The third-order valence-electron chi connectivity index (χ3n) is 5.55. The van der Waals surface area contributed by atoms with E-state index in [4.69, 9.17) is 4.74 Å². The monoisotopic (exact) mass is 385 g/mol. The fourth-order valence-corrected chi connectivity index (χ4v) is 4.09. The van der Waals surface area contributed by atoms with Gasteiger partial charge in [-0.2, -0.15) is 0 Å². The standard InChI is InChI=1S/C23H23N5O/c1-29-23-25-12-17(13-26-23)15-27-9-2-3-18-4-5-21(11-20(18)16-27)28-10-7-19-6-8-24-14-22(19)28/h4-8,10-14H,2-3,9,15-16H2,1H3. The number of aromatic nitrogens is 4. The Labute approximate surface area is 169 Å². The number of rotatable bonds is 4. The Kier molecular flexibility index (Phi) is 4.69. The Morgan fingerprint density at radius 3 is 2.79 bits per heavy atom. The summed E-state index contributed by atoms with van der Waals surface area (Å²) in [4.78, 5) is 15.2. The second kappa shape index (κ2) is 7.64. The van der Waals surface area contributed by atoms with Crippen molar-refractivity contribution in [3.05, 3.63) is 78.0 Å². The summed E-state index contributed by atoms with van der Waals surface area (Å²) in [6.45, 7) is 2.82. The fraction of sp³-hybridized carbons (Fsp3) is 0.261. The summed E-state index contributed by atoms with van der Waals surface area (Å²) in [6, 6.07) is 11.4. The molecule has 0 unspecified atom stereocenters. The molecule has 4 aromatic rings. The number of nitrogens with zero attached hydrogens (tertiary/aromatic N) is 5. The molecule has 1 aliphatic rings. The minimum atomic E-state index is 0.410. The third-order valence-corrected chi connectivity index (χ3v) is 5.55. The van der Waals surface area contributed by atoms with Gasteiger partial charge < -0.3 is 9.30 Å². The lowest BCUT2D eigenvalue weighted by molar-refractivity contribution is 0.260. The molecule has 6 heteroatoms. The van der Waals surface area contributed by atoms with E-state index in [1.54, 1.807) is 7.11 Å². The number of methoxy groups -OCH3 is 1. The maximum Gasteiger partial charge on any atom is 0.316 e. The molecule has 0 aliphatic carbocycles. The summed E-state index contributed by atoms with van der Waals surface area (Å²) in [5.74, 6) is 0. The molecular formula is C23H23N5O. The molecule has 0 atom stereocenters. The van der Waals surface area contributed by atoms with Crippen LogP contribution in [0.1, 0.15) is 23.1 Å². The highest BCUT2D eigenvalue weighted by Crippen LogP contribution is 2.25. The second-order valence-electron chi connectivity index (χ2n) is 7.47. The van der Waals surface area contributed by atoms with Crippen LogP contribution in [0.25, 0.3) is 16.6 Å². The third kappa shape index (κ3) is 3.59. The molecule has 6 nitrogen and oxygen atoms in total. The zero-order valence-corrected chi connectivity index (χ0v) is 16.5. The minimum absolute atomic E-state index is 0.410. The van der Waals surface area contributed by atoms with E-state index >= 15 is 0 Å². The average molecular weight is 385 g/mol. The summed E-state index contributed by atoms with van der Waals surface area (Å²) < 4.78 is 7.28. The first-order chi connectivity index (χ1) is 14.3. The van der Waals surface area contributed by atoms with Crippen molar-refractivity contribution in [1.29, 1.82) is 0 Å². The molecule has 146 valence electrons. The van der Waals surface area contributed by atoms with Crippen LogP contribution in [0.4, 0.5) is 0 Å². The highest BCUT2D eigenvalue weighted by molar-refractivity contribution is 5.80. The topological polar surface area (TPSA) is 56.1 Å². The summed E-state index contributed by atoms with van der Waals surface area (Å²) in [5.41, 5.74) is 6.25. The van der Waals surface area contributed by atoms with Gasteiger partial charge in [-0.05, 0) is 54.8 Å². The van der Waals surface area contributed by atoms with Crippen LogP contribution in [0.5, 0.6) is 6.01 Å². The van der Waals surface area contributed by atoms with Gasteiger partial charge in [-0.3, -0.25) is 9.88 Å². The number of hydrogen-bond donors (Lipinski definition) is 0. The molecule has 0 bridgehead atoms. The first-order valence-electron chi connectivity index (χ1n) is 9.91. The minimum Gasteiger partial charge on any atom is -0.467 e. The molecule has 1 aromatic carbocycles.